The molecular formula is C17H22N4. The standard InChI is InChI=1S/C17H22N4/c1-3-7-13-16(18-2)19-11-20-17(13)21-15-10-14(15)12-8-5-4-6-9-12/h4-6,8-9,11,14-15H,3,7,10H2,1-2H3,(H2,18,19,20,21). The Kier molecular flexibility index (Phi) is 4.04. The summed E-state index contributed by atoms with van der Waals surface area (Å²) in [7, 11) is 1.91. The number of benzene rings is 1. The second kappa shape index (κ2) is 6.12. The van der Waals surface area contributed by atoms with E-state index >= 15 is 0 Å². The molecular weight excluding hydrogens is 260 g/mol. The maximum absolute atomic E-state index is 4.45. The SMILES string of the molecule is CCCc1c(NC)ncnc1NC1CC1c1ccccc1. The summed E-state index contributed by atoms with van der Waals surface area (Å²) in [6.07, 6.45) is 4.88. The smallest absolute Gasteiger partial charge is 0.134 e. The average Bonchev–Trinajstić information content (AvgIpc) is 3.29. The molecule has 1 saturated carbocycles. The number of anilines is 2. The van der Waals surface area contributed by atoms with Crippen molar-refractivity contribution in [2.75, 3.05) is 17.7 Å². The van der Waals surface area contributed by atoms with Crippen LogP contribution in [0.4, 0.5) is 11.6 Å². The van der Waals surface area contributed by atoms with Crippen molar-refractivity contribution in [1.29, 1.82) is 0 Å². The van der Waals surface area contributed by atoms with E-state index in [1.54, 1.807) is 6.33 Å². The highest BCUT2D eigenvalue weighted by Crippen LogP contribution is 2.43. The lowest BCUT2D eigenvalue weighted by Crippen LogP contribution is -2.11. The van der Waals surface area contributed by atoms with Crippen molar-refractivity contribution >= 4 is 11.6 Å². The van der Waals surface area contributed by atoms with Gasteiger partial charge in [-0.05, 0) is 18.4 Å². The Hall–Kier alpha value is -2.10. The quantitative estimate of drug-likeness (QED) is 0.852. The average molecular weight is 282 g/mol. The number of hydrogen-bond acceptors (Lipinski definition) is 4. The van der Waals surface area contributed by atoms with Crippen LogP contribution < -0.4 is 10.6 Å². The molecule has 2 unspecified atom stereocenters. The number of nitrogens with zero attached hydrogens (tertiary/aromatic N) is 2. The lowest BCUT2D eigenvalue weighted by molar-refractivity contribution is 0.896. The van der Waals surface area contributed by atoms with Gasteiger partial charge in [-0.25, -0.2) is 9.97 Å². The Balaban J connectivity index is 1.74. The zero-order valence-corrected chi connectivity index (χ0v) is 12.6. The summed E-state index contributed by atoms with van der Waals surface area (Å²) < 4.78 is 0. The van der Waals surface area contributed by atoms with Gasteiger partial charge in [-0.2, -0.15) is 0 Å². The Morgan fingerprint density at radius 3 is 2.62 bits per heavy atom. The highest BCUT2D eigenvalue weighted by molar-refractivity contribution is 5.58. The van der Waals surface area contributed by atoms with Crippen molar-refractivity contribution in [2.45, 2.75) is 38.1 Å². The lowest BCUT2D eigenvalue weighted by Gasteiger charge is -2.13. The minimum absolute atomic E-state index is 0.489. The summed E-state index contributed by atoms with van der Waals surface area (Å²) in [5.41, 5.74) is 2.61. The fourth-order valence-corrected chi connectivity index (χ4v) is 2.84. The predicted molar refractivity (Wildman–Crippen MR) is 86.8 cm³/mol. The van der Waals surface area contributed by atoms with Gasteiger partial charge in [0.1, 0.15) is 18.0 Å². The number of nitrogens with one attached hydrogen (secondary N) is 2. The van der Waals surface area contributed by atoms with Crippen molar-refractivity contribution in [3.63, 3.8) is 0 Å². The summed E-state index contributed by atoms with van der Waals surface area (Å²) in [6.45, 7) is 2.18. The van der Waals surface area contributed by atoms with Crippen LogP contribution >= 0.6 is 0 Å². The van der Waals surface area contributed by atoms with Crippen molar-refractivity contribution in [2.24, 2.45) is 0 Å². The Morgan fingerprint density at radius 2 is 1.90 bits per heavy atom. The Bertz CT molecular complexity index is 597. The molecule has 4 nitrogen and oxygen atoms in total. The van der Waals surface area contributed by atoms with Gasteiger partial charge in [0.05, 0.1) is 0 Å². The molecule has 0 aliphatic heterocycles. The summed E-state index contributed by atoms with van der Waals surface area (Å²) >= 11 is 0. The van der Waals surface area contributed by atoms with Gasteiger partial charge in [0.15, 0.2) is 0 Å². The molecule has 1 aromatic heterocycles. The summed E-state index contributed by atoms with van der Waals surface area (Å²) in [5, 5.41) is 6.77. The molecule has 2 atom stereocenters. The molecule has 0 spiro atoms. The van der Waals surface area contributed by atoms with E-state index in [0.717, 1.165) is 24.5 Å². The number of hydrogen-bond donors (Lipinski definition) is 2. The zero-order chi connectivity index (χ0) is 14.7. The molecule has 21 heavy (non-hydrogen) atoms. The molecule has 1 heterocycles. The van der Waals surface area contributed by atoms with Crippen LogP contribution in [0.3, 0.4) is 0 Å². The minimum Gasteiger partial charge on any atom is -0.373 e. The van der Waals surface area contributed by atoms with Crippen LogP contribution in [0.1, 0.15) is 36.8 Å². The van der Waals surface area contributed by atoms with E-state index in [2.05, 4.69) is 57.9 Å². The van der Waals surface area contributed by atoms with Crippen LogP contribution in [-0.2, 0) is 6.42 Å². The van der Waals surface area contributed by atoms with Crippen LogP contribution in [0.25, 0.3) is 0 Å². The third-order valence-corrected chi connectivity index (χ3v) is 4.02. The van der Waals surface area contributed by atoms with E-state index in [4.69, 9.17) is 0 Å². The first-order valence-electron chi connectivity index (χ1n) is 7.66. The third-order valence-electron chi connectivity index (χ3n) is 4.02. The zero-order valence-electron chi connectivity index (χ0n) is 12.6. The molecule has 0 bridgehead atoms. The van der Waals surface area contributed by atoms with Gasteiger partial charge >= 0.3 is 0 Å². The lowest BCUT2D eigenvalue weighted by atomic mass is 10.1. The monoisotopic (exact) mass is 282 g/mol. The molecule has 2 aromatic rings. The number of aromatic nitrogens is 2. The first kappa shape index (κ1) is 13.9. The second-order valence-corrected chi connectivity index (χ2v) is 5.55. The summed E-state index contributed by atoms with van der Waals surface area (Å²) in [6, 6.07) is 11.2. The van der Waals surface area contributed by atoms with E-state index in [-0.39, 0.29) is 0 Å². The van der Waals surface area contributed by atoms with Gasteiger partial charge in [0.2, 0.25) is 0 Å². The molecule has 0 amide bonds. The molecule has 0 radical (unpaired) electrons. The predicted octanol–water partition coefficient (Wildman–Crippen LogP) is 3.44. The van der Waals surface area contributed by atoms with Gasteiger partial charge in [-0.1, -0.05) is 43.7 Å². The molecule has 4 heteroatoms. The normalized spacial score (nSPS) is 20.1. The molecule has 110 valence electrons. The molecule has 3 rings (SSSR count). The summed E-state index contributed by atoms with van der Waals surface area (Å²) in [5.74, 6) is 2.53. The molecule has 1 aliphatic rings. The van der Waals surface area contributed by atoms with Crippen LogP contribution in [0.2, 0.25) is 0 Å². The number of rotatable bonds is 6. The largest absolute Gasteiger partial charge is 0.373 e. The molecule has 1 aromatic carbocycles. The van der Waals surface area contributed by atoms with Crippen LogP contribution in [0.15, 0.2) is 36.7 Å². The highest BCUT2D eigenvalue weighted by atomic mass is 15.1. The van der Waals surface area contributed by atoms with Gasteiger partial charge < -0.3 is 10.6 Å². The van der Waals surface area contributed by atoms with Crippen molar-refractivity contribution in [1.82, 2.24) is 9.97 Å². The molecule has 1 aliphatic carbocycles. The maximum atomic E-state index is 4.45. The summed E-state index contributed by atoms with van der Waals surface area (Å²) in [4.78, 5) is 8.77. The first-order chi connectivity index (χ1) is 10.3. The van der Waals surface area contributed by atoms with E-state index < -0.39 is 0 Å². The fraction of sp³-hybridized carbons (Fsp3) is 0.412. The van der Waals surface area contributed by atoms with Crippen molar-refractivity contribution in [3.8, 4) is 0 Å². The highest BCUT2D eigenvalue weighted by Gasteiger charge is 2.38. The minimum atomic E-state index is 0.489. The van der Waals surface area contributed by atoms with Crippen molar-refractivity contribution < 1.29 is 0 Å². The second-order valence-electron chi connectivity index (χ2n) is 5.55. The van der Waals surface area contributed by atoms with Crippen LogP contribution in [0, 0.1) is 0 Å². The first-order valence-corrected chi connectivity index (χ1v) is 7.66. The third kappa shape index (κ3) is 2.99. The molecule has 1 fully saturated rings. The van der Waals surface area contributed by atoms with E-state index in [1.807, 2.05) is 7.05 Å². The van der Waals surface area contributed by atoms with Crippen LogP contribution in [0.5, 0.6) is 0 Å². The van der Waals surface area contributed by atoms with Crippen LogP contribution in [-0.4, -0.2) is 23.1 Å². The van der Waals surface area contributed by atoms with Gasteiger partial charge in [-0.15, -0.1) is 0 Å². The molecule has 2 N–H and O–H groups in total. The van der Waals surface area contributed by atoms with Gasteiger partial charge in [0.25, 0.3) is 0 Å². The fourth-order valence-electron chi connectivity index (χ4n) is 2.84. The topological polar surface area (TPSA) is 49.8 Å². The Morgan fingerprint density at radius 1 is 1.14 bits per heavy atom. The van der Waals surface area contributed by atoms with Gasteiger partial charge in [0, 0.05) is 24.6 Å². The van der Waals surface area contributed by atoms with E-state index in [1.165, 1.54) is 17.5 Å². The van der Waals surface area contributed by atoms with E-state index in [0.29, 0.717) is 12.0 Å². The van der Waals surface area contributed by atoms with E-state index in [9.17, 15) is 0 Å². The van der Waals surface area contributed by atoms with Crippen molar-refractivity contribution in [3.05, 3.63) is 47.8 Å². The Labute approximate surface area is 126 Å². The van der Waals surface area contributed by atoms with Gasteiger partial charge in [-0.3, -0.25) is 0 Å². The molecule has 0 saturated heterocycles. The maximum Gasteiger partial charge on any atom is 0.134 e.